The molecule has 114 valence electrons. The summed E-state index contributed by atoms with van der Waals surface area (Å²) in [6.45, 7) is 5.30. The van der Waals surface area contributed by atoms with Crippen molar-refractivity contribution in [3.63, 3.8) is 0 Å². The summed E-state index contributed by atoms with van der Waals surface area (Å²) in [6, 6.07) is 5.17. The monoisotopic (exact) mass is 292 g/mol. The molecule has 0 heterocycles. The van der Waals surface area contributed by atoms with Gasteiger partial charge in [0, 0.05) is 24.7 Å². The molecule has 0 aliphatic heterocycles. The average Bonchev–Trinajstić information content (AvgIpc) is 2.39. The largest absolute Gasteiger partial charge is 0.466 e. The molecule has 21 heavy (non-hydrogen) atoms. The molecule has 0 aromatic heterocycles. The van der Waals surface area contributed by atoms with E-state index in [9.17, 15) is 14.4 Å². The van der Waals surface area contributed by atoms with Crippen molar-refractivity contribution in [2.45, 2.75) is 33.6 Å². The molecule has 1 aromatic rings. The zero-order chi connectivity index (χ0) is 15.8. The van der Waals surface area contributed by atoms with Gasteiger partial charge in [-0.15, -0.1) is 0 Å². The highest BCUT2D eigenvalue weighted by Gasteiger charge is 2.09. The van der Waals surface area contributed by atoms with Crippen LogP contribution in [0.3, 0.4) is 0 Å². The molecule has 0 bridgehead atoms. The van der Waals surface area contributed by atoms with E-state index in [1.165, 1.54) is 6.92 Å². The molecule has 0 saturated heterocycles. The molecule has 0 aliphatic carbocycles. The molecule has 2 amide bonds. The Labute approximate surface area is 123 Å². The van der Waals surface area contributed by atoms with Crippen LogP contribution < -0.4 is 10.6 Å². The number of nitrogens with one attached hydrogen (secondary N) is 2. The van der Waals surface area contributed by atoms with Gasteiger partial charge < -0.3 is 15.4 Å². The van der Waals surface area contributed by atoms with Gasteiger partial charge in [0.15, 0.2) is 0 Å². The lowest BCUT2D eigenvalue weighted by atomic mass is 10.1. The minimum atomic E-state index is -0.384. The van der Waals surface area contributed by atoms with Crippen molar-refractivity contribution in [2.75, 3.05) is 17.2 Å². The first kappa shape index (κ1) is 16.7. The summed E-state index contributed by atoms with van der Waals surface area (Å²) in [7, 11) is 0. The van der Waals surface area contributed by atoms with Crippen molar-refractivity contribution in [3.8, 4) is 0 Å². The van der Waals surface area contributed by atoms with Gasteiger partial charge in [0.25, 0.3) is 0 Å². The normalized spacial score (nSPS) is 9.86. The SMILES string of the molecule is CCOC(=O)CCC(=O)Nc1ccc(NC(C)=O)c(C)c1. The Balaban J connectivity index is 2.55. The number of anilines is 2. The van der Waals surface area contributed by atoms with Crippen molar-refractivity contribution in [1.82, 2.24) is 0 Å². The molecule has 1 aromatic carbocycles. The fourth-order valence-electron chi connectivity index (χ4n) is 1.74. The summed E-state index contributed by atoms with van der Waals surface area (Å²) in [5.41, 5.74) is 2.16. The molecule has 0 aliphatic rings. The van der Waals surface area contributed by atoms with Gasteiger partial charge >= 0.3 is 5.97 Å². The van der Waals surface area contributed by atoms with Gasteiger partial charge in [-0.25, -0.2) is 0 Å². The number of aryl methyl sites for hydroxylation is 1. The number of hydrogen-bond acceptors (Lipinski definition) is 4. The zero-order valence-corrected chi connectivity index (χ0v) is 12.5. The molecule has 0 saturated carbocycles. The third kappa shape index (κ3) is 6.07. The maximum atomic E-state index is 11.7. The van der Waals surface area contributed by atoms with Crippen LogP contribution in [0.4, 0.5) is 11.4 Å². The molecule has 0 radical (unpaired) electrons. The second-order valence-electron chi connectivity index (χ2n) is 4.56. The fourth-order valence-corrected chi connectivity index (χ4v) is 1.74. The van der Waals surface area contributed by atoms with E-state index in [1.54, 1.807) is 25.1 Å². The number of carbonyl (C=O) groups excluding carboxylic acids is 3. The van der Waals surface area contributed by atoms with Crippen LogP contribution >= 0.6 is 0 Å². The van der Waals surface area contributed by atoms with Crippen LogP contribution in [0, 0.1) is 6.92 Å². The van der Waals surface area contributed by atoms with Crippen LogP contribution in [0.1, 0.15) is 32.3 Å². The summed E-state index contributed by atoms with van der Waals surface area (Å²) in [5.74, 6) is -0.788. The van der Waals surface area contributed by atoms with Crippen LogP contribution in [0.15, 0.2) is 18.2 Å². The predicted molar refractivity (Wildman–Crippen MR) is 80.0 cm³/mol. The van der Waals surface area contributed by atoms with Gasteiger partial charge in [0.05, 0.1) is 13.0 Å². The fraction of sp³-hybridized carbons (Fsp3) is 0.400. The highest BCUT2D eigenvalue weighted by Crippen LogP contribution is 2.19. The number of amides is 2. The summed E-state index contributed by atoms with van der Waals surface area (Å²) in [6.07, 6.45) is 0.133. The Bertz CT molecular complexity index is 540. The molecular formula is C15H20N2O4. The van der Waals surface area contributed by atoms with Gasteiger partial charge in [0.1, 0.15) is 0 Å². The second kappa shape index (κ2) is 8.04. The molecule has 6 heteroatoms. The van der Waals surface area contributed by atoms with Crippen molar-refractivity contribution in [2.24, 2.45) is 0 Å². The summed E-state index contributed by atoms with van der Waals surface area (Å²) in [5, 5.41) is 5.40. The number of rotatable bonds is 6. The highest BCUT2D eigenvalue weighted by atomic mass is 16.5. The van der Waals surface area contributed by atoms with E-state index in [0.717, 1.165) is 5.56 Å². The van der Waals surface area contributed by atoms with E-state index < -0.39 is 0 Å². The number of hydrogen-bond donors (Lipinski definition) is 2. The number of benzene rings is 1. The molecular weight excluding hydrogens is 272 g/mol. The lowest BCUT2D eigenvalue weighted by Gasteiger charge is -2.10. The predicted octanol–water partition coefficient (Wildman–Crippen LogP) is 2.24. The van der Waals surface area contributed by atoms with Crippen molar-refractivity contribution >= 4 is 29.2 Å². The molecule has 0 spiro atoms. The van der Waals surface area contributed by atoms with Gasteiger partial charge in [-0.05, 0) is 37.6 Å². The van der Waals surface area contributed by atoms with Gasteiger partial charge in [-0.3, -0.25) is 14.4 Å². The minimum absolute atomic E-state index is 0.0582. The van der Waals surface area contributed by atoms with Crippen molar-refractivity contribution < 1.29 is 19.1 Å². The van der Waals surface area contributed by atoms with E-state index in [2.05, 4.69) is 10.6 Å². The molecule has 2 N–H and O–H groups in total. The highest BCUT2D eigenvalue weighted by molar-refractivity contribution is 5.94. The molecule has 0 unspecified atom stereocenters. The van der Waals surface area contributed by atoms with Crippen molar-refractivity contribution in [1.29, 1.82) is 0 Å². The van der Waals surface area contributed by atoms with E-state index in [-0.39, 0.29) is 30.6 Å². The summed E-state index contributed by atoms with van der Waals surface area (Å²) in [4.78, 5) is 33.9. The first-order chi connectivity index (χ1) is 9.92. The summed E-state index contributed by atoms with van der Waals surface area (Å²) < 4.78 is 4.76. The van der Waals surface area contributed by atoms with Gasteiger partial charge in [-0.1, -0.05) is 0 Å². The first-order valence-electron chi connectivity index (χ1n) is 6.76. The smallest absolute Gasteiger partial charge is 0.306 e. The maximum Gasteiger partial charge on any atom is 0.306 e. The van der Waals surface area contributed by atoms with Crippen LogP contribution in [0.5, 0.6) is 0 Å². The van der Waals surface area contributed by atoms with Crippen molar-refractivity contribution in [3.05, 3.63) is 23.8 Å². The topological polar surface area (TPSA) is 84.5 Å². The maximum absolute atomic E-state index is 11.7. The third-order valence-corrected chi connectivity index (χ3v) is 2.68. The summed E-state index contributed by atoms with van der Waals surface area (Å²) >= 11 is 0. The Morgan fingerprint density at radius 3 is 2.43 bits per heavy atom. The minimum Gasteiger partial charge on any atom is -0.466 e. The van der Waals surface area contributed by atoms with Crippen LogP contribution in [-0.2, 0) is 19.1 Å². The Kier molecular flexibility index (Phi) is 6.39. The van der Waals surface area contributed by atoms with Crippen LogP contribution in [0.25, 0.3) is 0 Å². The van der Waals surface area contributed by atoms with E-state index >= 15 is 0 Å². The van der Waals surface area contributed by atoms with Crippen LogP contribution in [-0.4, -0.2) is 24.4 Å². The lowest BCUT2D eigenvalue weighted by molar-refractivity contribution is -0.144. The van der Waals surface area contributed by atoms with E-state index in [1.807, 2.05) is 6.92 Å². The number of carbonyl (C=O) groups is 3. The lowest BCUT2D eigenvalue weighted by Crippen LogP contribution is -2.15. The molecule has 0 atom stereocenters. The molecule has 6 nitrogen and oxygen atoms in total. The number of ether oxygens (including phenoxy) is 1. The molecule has 1 rings (SSSR count). The first-order valence-corrected chi connectivity index (χ1v) is 6.76. The molecule has 0 fully saturated rings. The van der Waals surface area contributed by atoms with E-state index in [0.29, 0.717) is 18.0 Å². The third-order valence-electron chi connectivity index (χ3n) is 2.68. The Morgan fingerprint density at radius 2 is 1.86 bits per heavy atom. The Hall–Kier alpha value is -2.37. The van der Waals surface area contributed by atoms with Gasteiger partial charge in [-0.2, -0.15) is 0 Å². The van der Waals surface area contributed by atoms with Gasteiger partial charge in [0.2, 0.25) is 11.8 Å². The average molecular weight is 292 g/mol. The standard InChI is InChI=1S/C15H20N2O4/c1-4-21-15(20)8-7-14(19)17-12-5-6-13(10(2)9-12)16-11(3)18/h5-6,9H,4,7-8H2,1-3H3,(H,16,18)(H,17,19). The number of esters is 1. The van der Waals surface area contributed by atoms with Crippen LogP contribution in [0.2, 0.25) is 0 Å². The van der Waals surface area contributed by atoms with E-state index in [4.69, 9.17) is 4.74 Å². The zero-order valence-electron chi connectivity index (χ0n) is 12.5. The Morgan fingerprint density at radius 1 is 1.14 bits per heavy atom. The quantitative estimate of drug-likeness (QED) is 0.787. The second-order valence-corrected chi connectivity index (χ2v) is 4.56.